The molecule has 1 aromatic carbocycles. The van der Waals surface area contributed by atoms with E-state index in [0.717, 1.165) is 37.5 Å². The van der Waals surface area contributed by atoms with Crippen molar-refractivity contribution in [3.05, 3.63) is 29.8 Å². The van der Waals surface area contributed by atoms with Gasteiger partial charge in [0.15, 0.2) is 0 Å². The van der Waals surface area contributed by atoms with E-state index in [-0.39, 0.29) is 6.03 Å². The lowest BCUT2D eigenvalue weighted by molar-refractivity contribution is 0.187. The van der Waals surface area contributed by atoms with E-state index >= 15 is 0 Å². The van der Waals surface area contributed by atoms with E-state index < -0.39 is 0 Å². The van der Waals surface area contributed by atoms with Crippen LogP contribution in [-0.4, -0.2) is 50.3 Å². The van der Waals surface area contributed by atoms with Crippen LogP contribution in [0.2, 0.25) is 0 Å². The van der Waals surface area contributed by atoms with Crippen LogP contribution in [0.5, 0.6) is 5.75 Å². The summed E-state index contributed by atoms with van der Waals surface area (Å²) >= 11 is 0. The number of urea groups is 1. The largest absolute Gasteiger partial charge is 0.491 e. The smallest absolute Gasteiger partial charge is 0.317 e. The number of hydrogen-bond donors (Lipinski definition) is 2. The molecule has 1 aromatic rings. The van der Waals surface area contributed by atoms with E-state index in [1.54, 1.807) is 0 Å². The molecular formula is C14H21N3O2. The fourth-order valence-electron chi connectivity index (χ4n) is 2.02. The Morgan fingerprint density at radius 1 is 1.37 bits per heavy atom. The normalized spacial score (nSPS) is 15.1. The molecule has 0 atom stereocenters. The lowest BCUT2D eigenvalue weighted by Gasteiger charge is -2.27. The average Bonchev–Trinajstić information content (AvgIpc) is 2.46. The second-order valence-corrected chi connectivity index (χ2v) is 4.58. The molecule has 5 heteroatoms. The quantitative estimate of drug-likeness (QED) is 0.797. The van der Waals surface area contributed by atoms with Crippen molar-refractivity contribution < 1.29 is 9.53 Å². The number of para-hydroxylation sites is 1. The van der Waals surface area contributed by atoms with Crippen LogP contribution in [0, 0.1) is 6.92 Å². The number of nitrogens with zero attached hydrogens (tertiary/aromatic N) is 1. The van der Waals surface area contributed by atoms with Gasteiger partial charge in [-0.2, -0.15) is 0 Å². The molecule has 0 aliphatic carbocycles. The zero-order valence-electron chi connectivity index (χ0n) is 11.3. The van der Waals surface area contributed by atoms with Gasteiger partial charge >= 0.3 is 6.03 Å². The van der Waals surface area contributed by atoms with Crippen LogP contribution in [0.25, 0.3) is 0 Å². The van der Waals surface area contributed by atoms with Crippen LogP contribution in [0.3, 0.4) is 0 Å². The number of benzene rings is 1. The zero-order chi connectivity index (χ0) is 13.5. The Balaban J connectivity index is 1.66. The molecule has 1 fully saturated rings. The van der Waals surface area contributed by atoms with Crippen molar-refractivity contribution in [1.82, 2.24) is 15.5 Å². The molecule has 1 heterocycles. The molecule has 19 heavy (non-hydrogen) atoms. The highest BCUT2D eigenvalue weighted by molar-refractivity contribution is 5.74. The SMILES string of the molecule is Cc1ccccc1OCCNC(=O)N1CCNCC1. The number of rotatable bonds is 4. The third-order valence-electron chi connectivity index (χ3n) is 3.13. The number of piperazine rings is 1. The van der Waals surface area contributed by atoms with Gasteiger partial charge in [0.25, 0.3) is 0 Å². The topological polar surface area (TPSA) is 53.6 Å². The van der Waals surface area contributed by atoms with Gasteiger partial charge in [0.05, 0.1) is 6.54 Å². The zero-order valence-corrected chi connectivity index (χ0v) is 11.3. The van der Waals surface area contributed by atoms with E-state index in [0.29, 0.717) is 13.2 Å². The molecule has 0 spiro atoms. The first kappa shape index (κ1) is 13.7. The Labute approximate surface area is 113 Å². The molecule has 1 aliphatic rings. The molecule has 104 valence electrons. The van der Waals surface area contributed by atoms with E-state index in [9.17, 15) is 4.79 Å². The summed E-state index contributed by atoms with van der Waals surface area (Å²) in [6.07, 6.45) is 0. The maximum absolute atomic E-state index is 11.8. The molecule has 0 aromatic heterocycles. The molecule has 2 N–H and O–H groups in total. The summed E-state index contributed by atoms with van der Waals surface area (Å²) in [6.45, 7) is 6.30. The summed E-state index contributed by atoms with van der Waals surface area (Å²) in [4.78, 5) is 13.6. The summed E-state index contributed by atoms with van der Waals surface area (Å²) in [5.74, 6) is 0.874. The first-order valence-electron chi connectivity index (χ1n) is 6.69. The summed E-state index contributed by atoms with van der Waals surface area (Å²) < 4.78 is 5.63. The Morgan fingerprint density at radius 3 is 2.84 bits per heavy atom. The van der Waals surface area contributed by atoms with Crippen LogP contribution >= 0.6 is 0 Å². The van der Waals surface area contributed by atoms with Crippen molar-refractivity contribution in [1.29, 1.82) is 0 Å². The van der Waals surface area contributed by atoms with Crippen LogP contribution in [0.4, 0.5) is 4.79 Å². The number of carbonyl (C=O) groups excluding carboxylic acids is 1. The Kier molecular flexibility index (Phi) is 5.03. The van der Waals surface area contributed by atoms with Gasteiger partial charge in [-0.1, -0.05) is 18.2 Å². The first-order valence-corrected chi connectivity index (χ1v) is 6.69. The minimum Gasteiger partial charge on any atom is -0.491 e. The molecule has 1 saturated heterocycles. The Morgan fingerprint density at radius 2 is 2.11 bits per heavy atom. The van der Waals surface area contributed by atoms with Gasteiger partial charge in [0.2, 0.25) is 0 Å². The van der Waals surface area contributed by atoms with E-state index in [1.807, 2.05) is 36.1 Å². The molecule has 0 radical (unpaired) electrons. The molecule has 2 amide bonds. The third kappa shape index (κ3) is 4.13. The van der Waals surface area contributed by atoms with E-state index in [4.69, 9.17) is 4.74 Å². The highest BCUT2D eigenvalue weighted by atomic mass is 16.5. The second-order valence-electron chi connectivity index (χ2n) is 4.58. The van der Waals surface area contributed by atoms with Crippen LogP contribution < -0.4 is 15.4 Å². The molecule has 5 nitrogen and oxygen atoms in total. The molecule has 0 saturated carbocycles. The van der Waals surface area contributed by atoms with Gasteiger partial charge in [-0.05, 0) is 18.6 Å². The minimum atomic E-state index is -0.00474. The summed E-state index contributed by atoms with van der Waals surface area (Å²) in [7, 11) is 0. The number of hydrogen-bond acceptors (Lipinski definition) is 3. The Bertz CT molecular complexity index is 417. The Hall–Kier alpha value is -1.75. The second kappa shape index (κ2) is 6.99. The maximum Gasteiger partial charge on any atom is 0.317 e. The predicted molar refractivity (Wildman–Crippen MR) is 74.5 cm³/mol. The van der Waals surface area contributed by atoms with Crippen molar-refractivity contribution in [2.45, 2.75) is 6.92 Å². The van der Waals surface area contributed by atoms with Crippen molar-refractivity contribution >= 4 is 6.03 Å². The van der Waals surface area contributed by atoms with Crippen molar-refractivity contribution in [3.8, 4) is 5.75 Å². The lowest BCUT2D eigenvalue weighted by Crippen LogP contribution is -2.50. The maximum atomic E-state index is 11.8. The van der Waals surface area contributed by atoms with Crippen LogP contribution in [0.15, 0.2) is 24.3 Å². The highest BCUT2D eigenvalue weighted by Crippen LogP contribution is 2.15. The predicted octanol–water partition coefficient (Wildman–Crippen LogP) is 0.989. The third-order valence-corrected chi connectivity index (χ3v) is 3.13. The molecule has 0 unspecified atom stereocenters. The minimum absolute atomic E-state index is 0.00474. The fourth-order valence-corrected chi connectivity index (χ4v) is 2.02. The number of nitrogens with one attached hydrogen (secondary N) is 2. The van der Waals surface area contributed by atoms with Crippen LogP contribution in [0.1, 0.15) is 5.56 Å². The van der Waals surface area contributed by atoms with Gasteiger partial charge < -0.3 is 20.3 Å². The van der Waals surface area contributed by atoms with Gasteiger partial charge in [0, 0.05) is 26.2 Å². The summed E-state index contributed by atoms with van der Waals surface area (Å²) in [5.41, 5.74) is 1.11. The lowest BCUT2D eigenvalue weighted by atomic mass is 10.2. The molecule has 0 bridgehead atoms. The number of carbonyl (C=O) groups is 1. The fraction of sp³-hybridized carbons (Fsp3) is 0.500. The van der Waals surface area contributed by atoms with Gasteiger partial charge in [-0.3, -0.25) is 0 Å². The average molecular weight is 263 g/mol. The van der Waals surface area contributed by atoms with Gasteiger partial charge in [-0.15, -0.1) is 0 Å². The number of amides is 2. The van der Waals surface area contributed by atoms with E-state index in [2.05, 4.69) is 10.6 Å². The van der Waals surface area contributed by atoms with Crippen molar-refractivity contribution in [2.75, 3.05) is 39.3 Å². The van der Waals surface area contributed by atoms with Gasteiger partial charge in [-0.25, -0.2) is 4.79 Å². The summed E-state index contributed by atoms with van der Waals surface area (Å²) in [6, 6.07) is 7.87. The van der Waals surface area contributed by atoms with Gasteiger partial charge in [0.1, 0.15) is 12.4 Å². The number of ether oxygens (including phenoxy) is 1. The molecular weight excluding hydrogens is 242 g/mol. The van der Waals surface area contributed by atoms with Crippen LogP contribution in [-0.2, 0) is 0 Å². The highest BCUT2D eigenvalue weighted by Gasteiger charge is 2.14. The monoisotopic (exact) mass is 263 g/mol. The summed E-state index contributed by atoms with van der Waals surface area (Å²) in [5, 5.41) is 6.09. The molecule has 1 aliphatic heterocycles. The van der Waals surface area contributed by atoms with Crippen molar-refractivity contribution in [3.63, 3.8) is 0 Å². The molecule has 2 rings (SSSR count). The number of aryl methyl sites for hydroxylation is 1. The van der Waals surface area contributed by atoms with E-state index in [1.165, 1.54) is 0 Å². The standard InChI is InChI=1S/C14H21N3O2/c1-12-4-2-3-5-13(12)19-11-8-16-14(18)17-9-6-15-7-10-17/h2-5,15H,6-11H2,1H3,(H,16,18). The van der Waals surface area contributed by atoms with Crippen molar-refractivity contribution in [2.24, 2.45) is 0 Å². The first-order chi connectivity index (χ1) is 9.27.